The minimum absolute atomic E-state index is 0.0654. The molecule has 9 heteroatoms. The van der Waals surface area contributed by atoms with Crippen molar-refractivity contribution in [1.82, 2.24) is 9.88 Å². The summed E-state index contributed by atoms with van der Waals surface area (Å²) in [4.78, 5) is 26.5. The summed E-state index contributed by atoms with van der Waals surface area (Å²) in [5, 5.41) is 18.8. The third-order valence-electron chi connectivity index (χ3n) is 5.40. The van der Waals surface area contributed by atoms with Crippen LogP contribution in [0.4, 0.5) is 5.69 Å². The van der Waals surface area contributed by atoms with Gasteiger partial charge in [0, 0.05) is 31.8 Å². The maximum atomic E-state index is 11.0. The van der Waals surface area contributed by atoms with Crippen molar-refractivity contribution in [1.29, 1.82) is 5.41 Å². The molecule has 8 nitrogen and oxygen atoms in total. The molecule has 1 N–H and O–H groups in total. The summed E-state index contributed by atoms with van der Waals surface area (Å²) in [6.07, 6.45) is 4.70. The quantitative estimate of drug-likeness (QED) is 0.163. The van der Waals surface area contributed by atoms with Gasteiger partial charge in [0.15, 0.2) is 0 Å². The number of nitro benzene ring substituents is 1. The molecule has 1 aromatic heterocycles. The molecule has 0 saturated carbocycles. The fourth-order valence-electron chi connectivity index (χ4n) is 2.59. The summed E-state index contributed by atoms with van der Waals surface area (Å²) in [7, 11) is 3.19. The van der Waals surface area contributed by atoms with Crippen molar-refractivity contribution in [2.75, 3.05) is 20.7 Å². The van der Waals surface area contributed by atoms with Crippen LogP contribution in [0.3, 0.4) is 0 Å². The van der Waals surface area contributed by atoms with Gasteiger partial charge in [0.1, 0.15) is 10.9 Å². The Hall–Kier alpha value is -3.00. The van der Waals surface area contributed by atoms with Crippen molar-refractivity contribution < 1.29 is 14.5 Å². The van der Waals surface area contributed by atoms with Crippen LogP contribution in [0.25, 0.3) is 0 Å². The lowest BCUT2D eigenvalue weighted by Gasteiger charge is -2.16. The zero-order valence-electron chi connectivity index (χ0n) is 25.1. The molecule has 0 radical (unpaired) electrons. The SMILES string of the molecule is CC.CC(=O)N(C)CC(=N)c1cnc(Cl)cc1C.CCC(C)(C)C.CCCc1ccc([N+](=O)[O-])cc1OC. The highest BCUT2D eigenvalue weighted by Crippen LogP contribution is 2.25. The monoisotopic (exact) mass is 550 g/mol. The number of nitro groups is 1. The third kappa shape index (κ3) is 15.3. The Kier molecular flexibility index (Phi) is 18.7. The molecule has 0 unspecified atom stereocenters. The van der Waals surface area contributed by atoms with Crippen LogP contribution in [0.2, 0.25) is 5.15 Å². The van der Waals surface area contributed by atoms with Gasteiger partial charge in [-0.25, -0.2) is 4.98 Å². The Bertz CT molecular complexity index is 1020. The largest absolute Gasteiger partial charge is 0.496 e. The number of pyridine rings is 1. The Balaban J connectivity index is 0. The van der Waals surface area contributed by atoms with Gasteiger partial charge >= 0.3 is 0 Å². The van der Waals surface area contributed by atoms with E-state index in [1.165, 1.54) is 37.5 Å². The molecule has 0 saturated heterocycles. The maximum Gasteiger partial charge on any atom is 0.273 e. The Morgan fingerprint density at radius 2 is 1.76 bits per heavy atom. The molecular weight excluding hydrogens is 504 g/mol. The van der Waals surface area contributed by atoms with Gasteiger partial charge in [-0.3, -0.25) is 14.9 Å². The number of non-ortho nitro benzene ring substituents is 1. The molecule has 214 valence electrons. The number of likely N-dealkylation sites (N-methyl/N-ethyl adjacent to an activating group) is 1. The van der Waals surface area contributed by atoms with Crippen molar-refractivity contribution in [3.63, 3.8) is 0 Å². The number of halogens is 1. The molecule has 0 aliphatic carbocycles. The lowest BCUT2D eigenvalue weighted by molar-refractivity contribution is -0.384. The van der Waals surface area contributed by atoms with Crippen LogP contribution in [0.15, 0.2) is 30.5 Å². The first kappa shape index (κ1) is 37.2. The first-order chi connectivity index (χ1) is 17.7. The predicted octanol–water partition coefficient (Wildman–Crippen LogP) is 7.91. The first-order valence-electron chi connectivity index (χ1n) is 12.9. The highest BCUT2D eigenvalue weighted by Gasteiger charge is 2.11. The number of benzene rings is 1. The number of hydrogen-bond donors (Lipinski definition) is 1. The summed E-state index contributed by atoms with van der Waals surface area (Å²) in [6.45, 7) is 18.6. The van der Waals surface area contributed by atoms with Gasteiger partial charge < -0.3 is 15.0 Å². The molecule has 0 aliphatic heterocycles. The Labute approximate surface area is 234 Å². The van der Waals surface area contributed by atoms with Gasteiger partial charge in [0.05, 0.1) is 30.4 Å². The summed E-state index contributed by atoms with van der Waals surface area (Å²) >= 11 is 5.73. The molecule has 1 heterocycles. The summed E-state index contributed by atoms with van der Waals surface area (Å²) in [5.41, 5.74) is 3.60. The number of carbonyl (C=O) groups excluding carboxylic acids is 1. The average Bonchev–Trinajstić information content (AvgIpc) is 2.85. The summed E-state index contributed by atoms with van der Waals surface area (Å²) in [6, 6.07) is 6.43. The highest BCUT2D eigenvalue weighted by molar-refractivity contribution is 6.29. The average molecular weight is 551 g/mol. The third-order valence-corrected chi connectivity index (χ3v) is 5.60. The van der Waals surface area contributed by atoms with E-state index in [2.05, 4.69) is 39.6 Å². The van der Waals surface area contributed by atoms with Crippen molar-refractivity contribution in [2.24, 2.45) is 5.41 Å². The van der Waals surface area contributed by atoms with Gasteiger partial charge in [0.25, 0.3) is 5.69 Å². The van der Waals surface area contributed by atoms with Crippen LogP contribution in [-0.4, -0.2) is 47.1 Å². The number of nitrogens with one attached hydrogen (secondary N) is 1. The number of methoxy groups -OCH3 is 1. The number of rotatable bonds is 7. The van der Waals surface area contributed by atoms with Crippen LogP contribution in [-0.2, 0) is 11.2 Å². The van der Waals surface area contributed by atoms with E-state index in [1.807, 2.05) is 20.8 Å². The Morgan fingerprint density at radius 3 is 2.16 bits per heavy atom. The van der Waals surface area contributed by atoms with Gasteiger partial charge in [-0.2, -0.15) is 0 Å². The molecule has 2 aromatic rings. The van der Waals surface area contributed by atoms with Crippen LogP contribution in [0, 0.1) is 27.9 Å². The maximum absolute atomic E-state index is 11.0. The topological polar surface area (TPSA) is 109 Å². The van der Waals surface area contributed by atoms with Crippen molar-refractivity contribution >= 4 is 28.9 Å². The normalized spacial score (nSPS) is 9.89. The molecule has 0 fully saturated rings. The van der Waals surface area contributed by atoms with E-state index < -0.39 is 4.92 Å². The van der Waals surface area contributed by atoms with Crippen molar-refractivity contribution in [3.05, 3.63) is 62.4 Å². The number of amides is 1. The zero-order valence-corrected chi connectivity index (χ0v) is 25.8. The number of nitrogens with zero attached hydrogens (tertiary/aromatic N) is 3. The fraction of sp³-hybridized carbons (Fsp3) is 0.552. The van der Waals surface area contributed by atoms with E-state index in [0.717, 1.165) is 29.5 Å². The lowest BCUT2D eigenvalue weighted by Crippen LogP contribution is -2.30. The second-order valence-corrected chi connectivity index (χ2v) is 9.98. The van der Waals surface area contributed by atoms with Crippen LogP contribution in [0.1, 0.15) is 84.9 Å². The number of aromatic nitrogens is 1. The van der Waals surface area contributed by atoms with E-state index in [-0.39, 0.29) is 18.1 Å². The first-order valence-corrected chi connectivity index (χ1v) is 13.3. The molecule has 1 amide bonds. The van der Waals surface area contributed by atoms with Crippen molar-refractivity contribution in [3.8, 4) is 5.75 Å². The van der Waals surface area contributed by atoms with E-state index in [4.69, 9.17) is 21.7 Å². The second kappa shape index (κ2) is 19.1. The molecular formula is C29H47ClN4O4. The smallest absolute Gasteiger partial charge is 0.273 e. The van der Waals surface area contributed by atoms with E-state index >= 15 is 0 Å². The fourth-order valence-corrected chi connectivity index (χ4v) is 2.81. The van der Waals surface area contributed by atoms with Gasteiger partial charge in [-0.05, 0) is 42.0 Å². The van der Waals surface area contributed by atoms with Crippen LogP contribution >= 0.6 is 11.6 Å². The molecule has 1 aromatic carbocycles. The number of aryl methyl sites for hydroxylation is 2. The van der Waals surface area contributed by atoms with E-state index in [9.17, 15) is 14.9 Å². The zero-order chi connectivity index (χ0) is 30.1. The summed E-state index contributed by atoms with van der Waals surface area (Å²) < 4.78 is 5.08. The standard InChI is InChI=1S/C11H14ClN3O.C10H13NO3.C6H14.C2H6/c1-7-4-11(12)14-5-9(7)10(13)6-15(3)8(2)16;1-3-4-8-5-6-9(11(12)13)7-10(8)14-2;1-5-6(2,3)4;1-2/h4-5,13H,6H2,1-3H3;5-7H,3-4H2,1-2H3;5H2,1-4H3;1-2H3. The van der Waals surface area contributed by atoms with Crippen LogP contribution < -0.4 is 4.74 Å². The number of carbonyl (C=O) groups is 1. The minimum atomic E-state index is -0.418. The predicted molar refractivity (Wildman–Crippen MR) is 159 cm³/mol. The lowest BCUT2D eigenvalue weighted by atomic mass is 9.94. The van der Waals surface area contributed by atoms with Crippen LogP contribution in [0.5, 0.6) is 5.75 Å². The molecule has 0 spiro atoms. The van der Waals surface area contributed by atoms with E-state index in [0.29, 0.717) is 22.0 Å². The molecule has 0 atom stereocenters. The molecule has 0 bridgehead atoms. The summed E-state index contributed by atoms with van der Waals surface area (Å²) in [5.74, 6) is 0.533. The number of ether oxygens (including phenoxy) is 1. The van der Waals surface area contributed by atoms with Crippen molar-refractivity contribution in [2.45, 2.75) is 81.6 Å². The highest BCUT2D eigenvalue weighted by atomic mass is 35.5. The molecule has 0 aliphatic rings. The molecule has 38 heavy (non-hydrogen) atoms. The van der Waals surface area contributed by atoms with Gasteiger partial charge in [-0.1, -0.05) is 72.9 Å². The van der Waals surface area contributed by atoms with Gasteiger partial charge in [-0.15, -0.1) is 0 Å². The Morgan fingerprint density at radius 1 is 1.21 bits per heavy atom. The molecule has 2 rings (SSSR count). The van der Waals surface area contributed by atoms with E-state index in [1.54, 1.807) is 25.4 Å². The minimum Gasteiger partial charge on any atom is -0.496 e. The second-order valence-electron chi connectivity index (χ2n) is 9.59. The number of hydrogen-bond acceptors (Lipinski definition) is 6. The van der Waals surface area contributed by atoms with Gasteiger partial charge in [0.2, 0.25) is 5.91 Å².